The topological polar surface area (TPSA) is 72.1 Å². The number of carbonyl (C=O) groups is 1. The largest absolute Gasteiger partial charge is 0.366 e. The lowest BCUT2D eigenvalue weighted by Gasteiger charge is -2.18. The van der Waals surface area contributed by atoms with E-state index in [2.05, 4.69) is 9.97 Å². The molecule has 6 heteroatoms. The Balaban J connectivity index is 1.89. The zero-order chi connectivity index (χ0) is 12.5. The van der Waals surface area contributed by atoms with E-state index in [1.165, 1.54) is 0 Å². The molecule has 1 amide bonds. The van der Waals surface area contributed by atoms with Gasteiger partial charge in [-0.1, -0.05) is 17.4 Å². The lowest BCUT2D eigenvalue weighted by Crippen LogP contribution is -2.22. The molecule has 2 aromatic rings. The fraction of sp³-hybridized carbons (Fsp3) is 0.0833. The minimum atomic E-state index is -0.403. The van der Waals surface area contributed by atoms with Gasteiger partial charge in [0.25, 0.3) is 0 Å². The van der Waals surface area contributed by atoms with Gasteiger partial charge in [-0.15, -0.1) is 0 Å². The summed E-state index contributed by atoms with van der Waals surface area (Å²) in [6.07, 6.45) is 8.82. The summed E-state index contributed by atoms with van der Waals surface area (Å²) < 4.78 is 1.10. The zero-order valence-corrected chi connectivity index (χ0v) is 10.2. The highest BCUT2D eigenvalue weighted by Gasteiger charge is 2.13. The summed E-state index contributed by atoms with van der Waals surface area (Å²) in [4.78, 5) is 21.5. The van der Waals surface area contributed by atoms with Crippen LogP contribution in [-0.2, 0) is 4.79 Å². The molecule has 5 nitrogen and oxygen atoms in total. The smallest absolute Gasteiger partial charge is 0.248 e. The third kappa shape index (κ3) is 1.86. The molecule has 90 valence electrons. The minimum absolute atomic E-state index is 0.403. The summed E-state index contributed by atoms with van der Waals surface area (Å²) >= 11 is 1.59. The van der Waals surface area contributed by atoms with Gasteiger partial charge in [0.15, 0.2) is 5.13 Å². The average Bonchev–Trinajstić information content (AvgIpc) is 2.82. The van der Waals surface area contributed by atoms with Crippen LogP contribution in [0.25, 0.3) is 10.2 Å². The Kier molecular flexibility index (Phi) is 2.56. The second-order valence-electron chi connectivity index (χ2n) is 3.83. The molecule has 0 fully saturated rings. The van der Waals surface area contributed by atoms with E-state index in [0.29, 0.717) is 12.1 Å². The number of hydrogen-bond donors (Lipinski definition) is 1. The predicted octanol–water partition coefficient (Wildman–Crippen LogP) is 1.44. The molecule has 0 unspecified atom stereocenters. The van der Waals surface area contributed by atoms with Crippen LogP contribution in [0.2, 0.25) is 0 Å². The number of hydrogen-bond acceptors (Lipinski definition) is 5. The van der Waals surface area contributed by atoms with Crippen molar-refractivity contribution >= 4 is 32.6 Å². The number of aromatic nitrogens is 2. The summed E-state index contributed by atoms with van der Waals surface area (Å²) in [6, 6.07) is 1.94. The number of nitrogens with zero attached hydrogens (tertiary/aromatic N) is 3. The first-order chi connectivity index (χ1) is 8.74. The first-order valence-corrected chi connectivity index (χ1v) is 6.21. The van der Waals surface area contributed by atoms with Crippen LogP contribution in [-0.4, -0.2) is 22.4 Å². The van der Waals surface area contributed by atoms with Crippen molar-refractivity contribution in [3.8, 4) is 0 Å². The number of pyridine rings is 1. The van der Waals surface area contributed by atoms with Crippen LogP contribution in [0.3, 0.4) is 0 Å². The van der Waals surface area contributed by atoms with E-state index in [-0.39, 0.29) is 0 Å². The molecule has 0 saturated carbocycles. The van der Waals surface area contributed by atoms with Gasteiger partial charge in [0.1, 0.15) is 5.52 Å². The second-order valence-corrected chi connectivity index (χ2v) is 4.84. The first kappa shape index (κ1) is 10.9. The van der Waals surface area contributed by atoms with E-state index in [4.69, 9.17) is 5.73 Å². The molecule has 18 heavy (non-hydrogen) atoms. The quantitative estimate of drug-likeness (QED) is 0.884. The molecule has 1 aliphatic heterocycles. The average molecular weight is 258 g/mol. The Morgan fingerprint density at radius 1 is 1.50 bits per heavy atom. The van der Waals surface area contributed by atoms with Gasteiger partial charge in [-0.3, -0.25) is 9.78 Å². The van der Waals surface area contributed by atoms with Gasteiger partial charge < -0.3 is 10.6 Å². The molecule has 0 saturated heterocycles. The lowest BCUT2D eigenvalue weighted by molar-refractivity contribution is -0.114. The Labute approximate surface area is 107 Å². The Morgan fingerprint density at radius 2 is 2.39 bits per heavy atom. The van der Waals surface area contributed by atoms with Gasteiger partial charge in [-0.05, 0) is 12.1 Å². The van der Waals surface area contributed by atoms with Crippen molar-refractivity contribution in [1.82, 2.24) is 9.97 Å². The fourth-order valence-electron chi connectivity index (χ4n) is 1.71. The van der Waals surface area contributed by atoms with E-state index in [1.54, 1.807) is 35.9 Å². The first-order valence-electron chi connectivity index (χ1n) is 5.39. The highest BCUT2D eigenvalue weighted by Crippen LogP contribution is 2.29. The van der Waals surface area contributed by atoms with Gasteiger partial charge in [0, 0.05) is 24.5 Å². The Hall–Kier alpha value is -2.21. The van der Waals surface area contributed by atoms with Crippen molar-refractivity contribution in [1.29, 1.82) is 0 Å². The molecule has 1 aliphatic rings. The lowest BCUT2D eigenvalue weighted by atomic mass is 10.2. The maximum Gasteiger partial charge on any atom is 0.248 e. The SMILES string of the molecule is NC(=O)C1=CCN(c2nc3cnccc3s2)C=C1. The molecule has 0 spiro atoms. The monoisotopic (exact) mass is 258 g/mol. The van der Waals surface area contributed by atoms with E-state index in [1.807, 2.05) is 17.2 Å². The van der Waals surface area contributed by atoms with Crippen molar-refractivity contribution in [2.75, 3.05) is 11.4 Å². The maximum atomic E-state index is 11.0. The second kappa shape index (κ2) is 4.23. The molecule has 0 aromatic carbocycles. The van der Waals surface area contributed by atoms with E-state index >= 15 is 0 Å². The van der Waals surface area contributed by atoms with Crippen LogP contribution in [0.1, 0.15) is 0 Å². The highest BCUT2D eigenvalue weighted by molar-refractivity contribution is 7.22. The van der Waals surface area contributed by atoms with Gasteiger partial charge in [0.05, 0.1) is 10.9 Å². The Morgan fingerprint density at radius 3 is 3.06 bits per heavy atom. The Bertz CT molecular complexity index is 641. The molecule has 0 atom stereocenters. The maximum absolute atomic E-state index is 11.0. The summed E-state index contributed by atoms with van der Waals surface area (Å²) in [7, 11) is 0. The van der Waals surface area contributed by atoms with Crippen molar-refractivity contribution < 1.29 is 4.79 Å². The number of thiazole rings is 1. The van der Waals surface area contributed by atoms with Crippen LogP contribution < -0.4 is 10.6 Å². The number of anilines is 1. The van der Waals surface area contributed by atoms with E-state index < -0.39 is 5.91 Å². The molecule has 0 aliphatic carbocycles. The van der Waals surface area contributed by atoms with Crippen LogP contribution in [0.4, 0.5) is 5.13 Å². The van der Waals surface area contributed by atoms with Crippen LogP contribution in [0.5, 0.6) is 0 Å². The number of nitrogens with two attached hydrogens (primary N) is 1. The number of primary amides is 1. The van der Waals surface area contributed by atoms with Crippen molar-refractivity contribution in [2.24, 2.45) is 5.73 Å². The number of fused-ring (bicyclic) bond motifs is 1. The zero-order valence-electron chi connectivity index (χ0n) is 9.41. The molecule has 0 bridgehead atoms. The molecule has 3 heterocycles. The molecular weight excluding hydrogens is 248 g/mol. The normalized spacial score (nSPS) is 14.9. The number of rotatable bonds is 2. The van der Waals surface area contributed by atoms with Crippen molar-refractivity contribution in [3.63, 3.8) is 0 Å². The standard InChI is InChI=1S/C12H10N4OS/c13-11(17)8-2-5-16(6-3-8)12-15-9-7-14-4-1-10(9)18-12/h1-5,7H,6H2,(H2,13,17). The fourth-order valence-corrected chi connectivity index (χ4v) is 2.64. The van der Waals surface area contributed by atoms with Crippen LogP contribution in [0, 0.1) is 0 Å². The van der Waals surface area contributed by atoms with Gasteiger partial charge in [0.2, 0.25) is 5.91 Å². The molecular formula is C12H10N4OS. The van der Waals surface area contributed by atoms with Crippen LogP contribution in [0.15, 0.2) is 42.4 Å². The number of amides is 1. The van der Waals surface area contributed by atoms with Gasteiger partial charge >= 0.3 is 0 Å². The molecule has 2 aromatic heterocycles. The third-order valence-corrected chi connectivity index (χ3v) is 3.72. The van der Waals surface area contributed by atoms with E-state index in [9.17, 15) is 4.79 Å². The molecule has 0 radical (unpaired) electrons. The summed E-state index contributed by atoms with van der Waals surface area (Å²) in [6.45, 7) is 0.599. The summed E-state index contributed by atoms with van der Waals surface area (Å²) in [5.41, 5.74) is 6.64. The third-order valence-electron chi connectivity index (χ3n) is 2.65. The van der Waals surface area contributed by atoms with Crippen molar-refractivity contribution in [3.05, 3.63) is 42.4 Å². The minimum Gasteiger partial charge on any atom is -0.366 e. The van der Waals surface area contributed by atoms with Gasteiger partial charge in [-0.25, -0.2) is 4.98 Å². The highest BCUT2D eigenvalue weighted by atomic mass is 32.1. The predicted molar refractivity (Wildman–Crippen MR) is 71.2 cm³/mol. The molecule has 2 N–H and O–H groups in total. The molecule has 3 rings (SSSR count). The van der Waals surface area contributed by atoms with E-state index in [0.717, 1.165) is 15.3 Å². The summed E-state index contributed by atoms with van der Waals surface area (Å²) in [5, 5.41) is 0.883. The van der Waals surface area contributed by atoms with Crippen LogP contribution >= 0.6 is 11.3 Å². The number of carbonyl (C=O) groups excluding carboxylic acids is 1. The van der Waals surface area contributed by atoms with Crippen molar-refractivity contribution in [2.45, 2.75) is 0 Å². The summed E-state index contributed by atoms with van der Waals surface area (Å²) in [5.74, 6) is -0.403. The van der Waals surface area contributed by atoms with Gasteiger partial charge in [-0.2, -0.15) is 0 Å².